The van der Waals surface area contributed by atoms with Gasteiger partial charge in [0.05, 0.1) is 23.5 Å². The van der Waals surface area contributed by atoms with Crippen molar-refractivity contribution in [2.45, 2.75) is 19.1 Å². The third-order valence-corrected chi connectivity index (χ3v) is 3.61. The highest BCUT2D eigenvalue weighted by Crippen LogP contribution is 2.11. The number of carbonyl (C=O) groups is 1. The molecule has 6 nitrogen and oxygen atoms in total. The van der Waals surface area contributed by atoms with Crippen LogP contribution in [0.2, 0.25) is 0 Å². The number of aliphatic hydroxyl groups excluding tert-OH is 1. The van der Waals surface area contributed by atoms with Gasteiger partial charge in [-0.15, -0.1) is 0 Å². The number of imidazole rings is 1. The number of β-amino-alcohol motifs (C(OH)–C–C–N with tert-alkyl or cyclic N) is 1. The zero-order chi connectivity index (χ0) is 13.9. The molecule has 1 aliphatic heterocycles. The van der Waals surface area contributed by atoms with Crippen LogP contribution in [-0.4, -0.2) is 51.3 Å². The fraction of sp³-hybridized carbons (Fsp3) is 0.429. The first-order valence-corrected chi connectivity index (χ1v) is 6.85. The van der Waals surface area contributed by atoms with Crippen molar-refractivity contribution in [1.29, 1.82) is 0 Å². The van der Waals surface area contributed by atoms with E-state index in [2.05, 4.69) is 10.3 Å². The van der Waals surface area contributed by atoms with Gasteiger partial charge in [-0.25, -0.2) is 9.78 Å². The van der Waals surface area contributed by atoms with E-state index in [-0.39, 0.29) is 12.1 Å². The molecule has 106 valence electrons. The summed E-state index contributed by atoms with van der Waals surface area (Å²) in [4.78, 5) is 17.8. The quantitative estimate of drug-likeness (QED) is 0.870. The smallest absolute Gasteiger partial charge is 0.317 e. The van der Waals surface area contributed by atoms with Crippen molar-refractivity contribution in [3.8, 4) is 0 Å². The zero-order valence-electron chi connectivity index (χ0n) is 11.2. The Kier molecular flexibility index (Phi) is 3.56. The summed E-state index contributed by atoms with van der Waals surface area (Å²) in [5, 5.41) is 12.3. The molecule has 2 N–H and O–H groups in total. The molecule has 1 unspecified atom stereocenters. The van der Waals surface area contributed by atoms with E-state index in [4.69, 9.17) is 0 Å². The monoisotopic (exact) mass is 274 g/mol. The highest BCUT2D eigenvalue weighted by molar-refractivity contribution is 5.75. The van der Waals surface area contributed by atoms with E-state index >= 15 is 0 Å². The Bertz CT molecular complexity index is 610. The summed E-state index contributed by atoms with van der Waals surface area (Å²) < 4.78 is 2.02. The Hall–Kier alpha value is -2.08. The maximum Gasteiger partial charge on any atom is 0.317 e. The first kappa shape index (κ1) is 12.9. The lowest BCUT2D eigenvalue weighted by Crippen LogP contribution is -2.40. The number of carbonyl (C=O) groups excluding carboxylic acids is 1. The molecule has 0 bridgehead atoms. The number of amides is 2. The van der Waals surface area contributed by atoms with Crippen LogP contribution in [0.3, 0.4) is 0 Å². The van der Waals surface area contributed by atoms with E-state index in [0.717, 1.165) is 11.0 Å². The Labute approximate surface area is 117 Å². The SMILES string of the molecule is O=C(NCCn1cnc2ccccc21)N1CCC(O)C1. The van der Waals surface area contributed by atoms with E-state index in [1.807, 2.05) is 28.8 Å². The summed E-state index contributed by atoms with van der Waals surface area (Å²) >= 11 is 0. The largest absolute Gasteiger partial charge is 0.391 e. The second-order valence-corrected chi connectivity index (χ2v) is 5.05. The van der Waals surface area contributed by atoms with Gasteiger partial charge in [-0.1, -0.05) is 12.1 Å². The second kappa shape index (κ2) is 5.50. The summed E-state index contributed by atoms with van der Waals surface area (Å²) in [6, 6.07) is 7.81. The number of hydrogen-bond donors (Lipinski definition) is 2. The molecule has 20 heavy (non-hydrogen) atoms. The minimum atomic E-state index is -0.377. The van der Waals surface area contributed by atoms with E-state index in [1.54, 1.807) is 11.2 Å². The molecule has 2 amide bonds. The van der Waals surface area contributed by atoms with Crippen molar-refractivity contribution in [3.63, 3.8) is 0 Å². The average molecular weight is 274 g/mol. The molecule has 1 atom stereocenters. The third-order valence-electron chi connectivity index (χ3n) is 3.61. The van der Waals surface area contributed by atoms with Gasteiger partial charge in [0.1, 0.15) is 0 Å². The van der Waals surface area contributed by atoms with Crippen LogP contribution in [0, 0.1) is 0 Å². The Morgan fingerprint density at radius 1 is 1.45 bits per heavy atom. The van der Waals surface area contributed by atoms with Crippen LogP contribution in [0.15, 0.2) is 30.6 Å². The van der Waals surface area contributed by atoms with E-state index < -0.39 is 0 Å². The number of nitrogens with one attached hydrogen (secondary N) is 1. The van der Waals surface area contributed by atoms with Crippen LogP contribution >= 0.6 is 0 Å². The Morgan fingerprint density at radius 2 is 2.30 bits per heavy atom. The van der Waals surface area contributed by atoms with Gasteiger partial charge >= 0.3 is 6.03 Å². The number of benzene rings is 1. The molecular formula is C14H18N4O2. The lowest BCUT2D eigenvalue weighted by molar-refractivity contribution is 0.172. The third kappa shape index (κ3) is 2.60. The van der Waals surface area contributed by atoms with Crippen molar-refractivity contribution in [2.24, 2.45) is 0 Å². The van der Waals surface area contributed by atoms with Crippen LogP contribution in [0.1, 0.15) is 6.42 Å². The van der Waals surface area contributed by atoms with Crippen LogP contribution in [0.25, 0.3) is 11.0 Å². The van der Waals surface area contributed by atoms with Crippen molar-refractivity contribution in [2.75, 3.05) is 19.6 Å². The molecule has 1 aromatic carbocycles. The van der Waals surface area contributed by atoms with Crippen LogP contribution in [-0.2, 0) is 6.54 Å². The number of aliphatic hydroxyl groups is 1. The maximum absolute atomic E-state index is 11.9. The number of nitrogens with zero attached hydrogens (tertiary/aromatic N) is 3. The molecule has 0 radical (unpaired) electrons. The Morgan fingerprint density at radius 3 is 3.10 bits per heavy atom. The molecule has 6 heteroatoms. The standard InChI is InChI=1S/C14H18N4O2/c19-11-5-7-17(9-11)14(20)15-6-8-18-10-16-12-3-1-2-4-13(12)18/h1-4,10-11,19H,5-9H2,(H,15,20). The summed E-state index contributed by atoms with van der Waals surface area (Å²) in [7, 11) is 0. The van der Waals surface area contributed by atoms with Crippen LogP contribution < -0.4 is 5.32 Å². The molecule has 1 aliphatic rings. The van der Waals surface area contributed by atoms with Gasteiger partial charge in [0, 0.05) is 26.2 Å². The highest BCUT2D eigenvalue weighted by atomic mass is 16.3. The lowest BCUT2D eigenvalue weighted by atomic mass is 10.3. The minimum Gasteiger partial charge on any atom is -0.391 e. The summed E-state index contributed by atoms with van der Waals surface area (Å²) in [5.41, 5.74) is 2.03. The predicted molar refractivity (Wildman–Crippen MR) is 75.3 cm³/mol. The van der Waals surface area contributed by atoms with Crippen molar-refractivity contribution in [3.05, 3.63) is 30.6 Å². The second-order valence-electron chi connectivity index (χ2n) is 5.05. The van der Waals surface area contributed by atoms with Crippen molar-refractivity contribution >= 4 is 17.1 Å². The van der Waals surface area contributed by atoms with Gasteiger partial charge in [0.25, 0.3) is 0 Å². The number of aromatic nitrogens is 2. The fourth-order valence-corrected chi connectivity index (χ4v) is 2.51. The maximum atomic E-state index is 11.9. The first-order chi connectivity index (χ1) is 9.74. The highest BCUT2D eigenvalue weighted by Gasteiger charge is 2.23. The molecule has 0 aliphatic carbocycles. The number of rotatable bonds is 3. The molecule has 1 aromatic heterocycles. The van der Waals surface area contributed by atoms with Gasteiger partial charge in [-0.2, -0.15) is 0 Å². The molecule has 3 rings (SSSR count). The van der Waals surface area contributed by atoms with Gasteiger partial charge in [-0.3, -0.25) is 0 Å². The summed E-state index contributed by atoms with van der Waals surface area (Å²) in [5.74, 6) is 0. The molecule has 2 aromatic rings. The zero-order valence-corrected chi connectivity index (χ0v) is 11.2. The molecule has 1 fully saturated rings. The number of likely N-dealkylation sites (tertiary alicyclic amines) is 1. The molecule has 0 spiro atoms. The minimum absolute atomic E-state index is 0.106. The van der Waals surface area contributed by atoms with Crippen LogP contribution in [0.5, 0.6) is 0 Å². The average Bonchev–Trinajstić information content (AvgIpc) is 3.06. The van der Waals surface area contributed by atoms with E-state index in [0.29, 0.717) is 32.6 Å². The van der Waals surface area contributed by atoms with Crippen molar-refractivity contribution in [1.82, 2.24) is 19.8 Å². The van der Waals surface area contributed by atoms with Gasteiger partial charge in [0.15, 0.2) is 0 Å². The molecule has 2 heterocycles. The molecule has 1 saturated heterocycles. The molecule has 0 saturated carbocycles. The van der Waals surface area contributed by atoms with E-state index in [9.17, 15) is 9.90 Å². The topological polar surface area (TPSA) is 70.4 Å². The van der Waals surface area contributed by atoms with Crippen molar-refractivity contribution < 1.29 is 9.90 Å². The van der Waals surface area contributed by atoms with Gasteiger partial charge < -0.3 is 19.9 Å². The molecular weight excluding hydrogens is 256 g/mol. The van der Waals surface area contributed by atoms with Gasteiger partial charge in [0.2, 0.25) is 0 Å². The predicted octanol–water partition coefficient (Wildman–Crippen LogP) is 0.813. The summed E-state index contributed by atoms with van der Waals surface area (Å²) in [6.45, 7) is 2.29. The normalized spacial score (nSPS) is 18.6. The first-order valence-electron chi connectivity index (χ1n) is 6.85. The van der Waals surface area contributed by atoms with Gasteiger partial charge in [-0.05, 0) is 18.6 Å². The van der Waals surface area contributed by atoms with Crippen LogP contribution in [0.4, 0.5) is 4.79 Å². The number of fused-ring (bicyclic) bond motifs is 1. The lowest BCUT2D eigenvalue weighted by Gasteiger charge is -2.16. The fourth-order valence-electron chi connectivity index (χ4n) is 2.51. The number of para-hydroxylation sites is 2. The Balaban J connectivity index is 1.54. The number of urea groups is 1. The van der Waals surface area contributed by atoms with E-state index in [1.165, 1.54) is 0 Å². The number of hydrogen-bond acceptors (Lipinski definition) is 3. The summed E-state index contributed by atoms with van der Waals surface area (Å²) in [6.07, 6.45) is 2.08.